The molecule has 1 aliphatic heterocycles. The van der Waals surface area contributed by atoms with E-state index in [4.69, 9.17) is 16.2 Å². The highest BCUT2D eigenvalue weighted by molar-refractivity contribution is 5.57. The number of aromatic nitrogens is 2. The molecule has 1 aromatic rings. The Morgan fingerprint density at radius 3 is 2.93 bits per heavy atom. The molecule has 1 fully saturated rings. The van der Waals surface area contributed by atoms with E-state index in [9.17, 15) is 0 Å². The first-order chi connectivity index (χ1) is 6.75. The van der Waals surface area contributed by atoms with Gasteiger partial charge in [0.05, 0.1) is 11.4 Å². The second-order valence-electron chi connectivity index (χ2n) is 3.61. The first-order valence-electron chi connectivity index (χ1n) is 4.71. The Hall–Kier alpha value is -1.36. The lowest BCUT2D eigenvalue weighted by Crippen LogP contribution is -2.08. The van der Waals surface area contributed by atoms with Crippen LogP contribution in [0.4, 0.5) is 11.5 Å². The molecule has 1 atom stereocenters. The topological polar surface area (TPSA) is 87.0 Å². The Labute approximate surface area is 82.5 Å². The predicted molar refractivity (Wildman–Crippen MR) is 53.5 cm³/mol. The van der Waals surface area contributed by atoms with E-state index in [0.29, 0.717) is 17.4 Å². The van der Waals surface area contributed by atoms with Crippen molar-refractivity contribution >= 4 is 11.5 Å². The number of nitrogens with two attached hydrogens (primary N) is 2. The van der Waals surface area contributed by atoms with Crippen molar-refractivity contribution in [3.05, 3.63) is 11.8 Å². The molecule has 1 saturated heterocycles. The molecule has 14 heavy (non-hydrogen) atoms. The average molecular weight is 194 g/mol. The Kier molecular flexibility index (Phi) is 2.49. The highest BCUT2D eigenvalue weighted by Gasteiger charge is 2.17. The first-order valence-corrected chi connectivity index (χ1v) is 4.71. The van der Waals surface area contributed by atoms with Gasteiger partial charge in [-0.15, -0.1) is 5.10 Å². The number of rotatable bonds is 2. The monoisotopic (exact) mass is 194 g/mol. The van der Waals surface area contributed by atoms with E-state index >= 15 is 0 Å². The van der Waals surface area contributed by atoms with Crippen LogP contribution in [-0.2, 0) is 11.2 Å². The second-order valence-corrected chi connectivity index (χ2v) is 3.61. The van der Waals surface area contributed by atoms with E-state index in [1.807, 2.05) is 0 Å². The number of nitrogen functional groups attached to an aromatic ring is 2. The van der Waals surface area contributed by atoms with Crippen molar-refractivity contribution < 1.29 is 4.74 Å². The van der Waals surface area contributed by atoms with E-state index in [0.717, 1.165) is 31.7 Å². The van der Waals surface area contributed by atoms with Gasteiger partial charge in [0.15, 0.2) is 5.82 Å². The molecule has 5 heteroatoms. The summed E-state index contributed by atoms with van der Waals surface area (Å²) >= 11 is 0. The van der Waals surface area contributed by atoms with Gasteiger partial charge in [-0.3, -0.25) is 0 Å². The van der Waals surface area contributed by atoms with Gasteiger partial charge in [0, 0.05) is 13.2 Å². The fourth-order valence-corrected chi connectivity index (χ4v) is 1.60. The second kappa shape index (κ2) is 3.79. The minimum Gasteiger partial charge on any atom is -0.396 e. The number of anilines is 2. The average Bonchev–Trinajstić information content (AvgIpc) is 2.64. The summed E-state index contributed by atoms with van der Waals surface area (Å²) in [6.07, 6.45) is 1.96. The van der Waals surface area contributed by atoms with E-state index < -0.39 is 0 Å². The summed E-state index contributed by atoms with van der Waals surface area (Å²) in [4.78, 5) is 0. The van der Waals surface area contributed by atoms with E-state index in [-0.39, 0.29) is 0 Å². The third kappa shape index (κ3) is 1.93. The quantitative estimate of drug-likeness (QED) is 0.703. The molecule has 0 radical (unpaired) electrons. The van der Waals surface area contributed by atoms with Crippen molar-refractivity contribution in [3.8, 4) is 0 Å². The molecule has 2 heterocycles. The summed E-state index contributed by atoms with van der Waals surface area (Å²) in [5.74, 6) is 0.851. The summed E-state index contributed by atoms with van der Waals surface area (Å²) < 4.78 is 5.28. The zero-order valence-corrected chi connectivity index (χ0v) is 7.94. The molecule has 4 N–H and O–H groups in total. The summed E-state index contributed by atoms with van der Waals surface area (Å²) in [5, 5.41) is 7.77. The van der Waals surface area contributed by atoms with Crippen LogP contribution in [0.15, 0.2) is 6.07 Å². The molecule has 1 aliphatic rings. The standard InChI is InChI=1S/C9H14N4O/c10-8-4-7(12-13-9(8)11)3-6-1-2-14-5-6/h4,6H,1-3,5H2,(H2,10,12)(H2,11,13). The molecule has 0 aliphatic carbocycles. The van der Waals surface area contributed by atoms with Crippen LogP contribution in [0.3, 0.4) is 0 Å². The fourth-order valence-electron chi connectivity index (χ4n) is 1.60. The summed E-state index contributed by atoms with van der Waals surface area (Å²) in [7, 11) is 0. The van der Waals surface area contributed by atoms with Crippen LogP contribution in [-0.4, -0.2) is 23.4 Å². The maximum absolute atomic E-state index is 5.64. The minimum atomic E-state index is 0.302. The van der Waals surface area contributed by atoms with Crippen LogP contribution >= 0.6 is 0 Å². The van der Waals surface area contributed by atoms with Crippen molar-refractivity contribution in [3.63, 3.8) is 0 Å². The van der Waals surface area contributed by atoms with Gasteiger partial charge in [0.25, 0.3) is 0 Å². The number of nitrogens with zero attached hydrogens (tertiary/aromatic N) is 2. The van der Waals surface area contributed by atoms with Crippen molar-refractivity contribution in [1.29, 1.82) is 0 Å². The normalized spacial score (nSPS) is 21.3. The summed E-state index contributed by atoms with van der Waals surface area (Å²) in [6.45, 7) is 1.66. The predicted octanol–water partition coefficient (Wildman–Crippen LogP) is 0.220. The molecule has 0 saturated carbocycles. The van der Waals surface area contributed by atoms with Gasteiger partial charge < -0.3 is 16.2 Å². The molecule has 0 spiro atoms. The molecular weight excluding hydrogens is 180 g/mol. The van der Waals surface area contributed by atoms with Gasteiger partial charge in [0.1, 0.15) is 0 Å². The lowest BCUT2D eigenvalue weighted by atomic mass is 10.0. The Morgan fingerprint density at radius 2 is 2.29 bits per heavy atom. The maximum Gasteiger partial charge on any atom is 0.169 e. The molecule has 5 nitrogen and oxygen atoms in total. The SMILES string of the molecule is Nc1cc(CC2CCOC2)nnc1N. The zero-order chi connectivity index (χ0) is 9.97. The van der Waals surface area contributed by atoms with Gasteiger partial charge in [-0.25, -0.2) is 0 Å². The smallest absolute Gasteiger partial charge is 0.169 e. The summed E-state index contributed by atoms with van der Waals surface area (Å²) in [5.41, 5.74) is 12.5. The molecule has 2 rings (SSSR count). The first kappa shape index (κ1) is 9.21. The molecule has 0 aromatic carbocycles. The zero-order valence-electron chi connectivity index (χ0n) is 7.94. The fraction of sp³-hybridized carbons (Fsp3) is 0.556. The molecule has 1 aromatic heterocycles. The van der Waals surface area contributed by atoms with Crippen molar-refractivity contribution in [1.82, 2.24) is 10.2 Å². The highest BCUT2D eigenvalue weighted by atomic mass is 16.5. The summed E-state index contributed by atoms with van der Waals surface area (Å²) in [6, 6.07) is 1.79. The molecule has 0 amide bonds. The van der Waals surface area contributed by atoms with Gasteiger partial charge in [-0.05, 0) is 24.8 Å². The Morgan fingerprint density at radius 1 is 1.43 bits per heavy atom. The molecule has 0 bridgehead atoms. The Bertz CT molecular complexity index is 323. The van der Waals surface area contributed by atoms with E-state index in [2.05, 4.69) is 10.2 Å². The number of ether oxygens (including phenoxy) is 1. The lowest BCUT2D eigenvalue weighted by Gasteiger charge is -2.06. The van der Waals surface area contributed by atoms with Crippen molar-refractivity contribution in [2.24, 2.45) is 5.92 Å². The molecule has 1 unspecified atom stereocenters. The third-order valence-corrected chi connectivity index (χ3v) is 2.43. The molecular formula is C9H14N4O. The highest BCUT2D eigenvalue weighted by Crippen LogP contribution is 2.19. The van der Waals surface area contributed by atoms with E-state index in [1.165, 1.54) is 0 Å². The Balaban J connectivity index is 2.05. The van der Waals surface area contributed by atoms with E-state index in [1.54, 1.807) is 6.07 Å². The van der Waals surface area contributed by atoms with Crippen molar-refractivity contribution in [2.45, 2.75) is 12.8 Å². The minimum absolute atomic E-state index is 0.302. The molecule has 76 valence electrons. The van der Waals surface area contributed by atoms with Crippen LogP contribution in [0, 0.1) is 5.92 Å². The van der Waals surface area contributed by atoms with Crippen LogP contribution in [0.2, 0.25) is 0 Å². The van der Waals surface area contributed by atoms with Crippen LogP contribution in [0.25, 0.3) is 0 Å². The third-order valence-electron chi connectivity index (χ3n) is 2.43. The van der Waals surface area contributed by atoms with Crippen LogP contribution in [0.5, 0.6) is 0 Å². The van der Waals surface area contributed by atoms with Crippen LogP contribution < -0.4 is 11.5 Å². The van der Waals surface area contributed by atoms with Crippen LogP contribution in [0.1, 0.15) is 12.1 Å². The van der Waals surface area contributed by atoms with Gasteiger partial charge in [-0.1, -0.05) is 0 Å². The maximum atomic E-state index is 5.64. The number of hydrogen-bond acceptors (Lipinski definition) is 5. The van der Waals surface area contributed by atoms with Gasteiger partial charge in [0.2, 0.25) is 0 Å². The number of hydrogen-bond donors (Lipinski definition) is 2. The van der Waals surface area contributed by atoms with Gasteiger partial charge in [-0.2, -0.15) is 5.10 Å². The van der Waals surface area contributed by atoms with Crippen molar-refractivity contribution in [2.75, 3.05) is 24.7 Å². The lowest BCUT2D eigenvalue weighted by molar-refractivity contribution is 0.185. The van der Waals surface area contributed by atoms with Gasteiger partial charge >= 0.3 is 0 Å². The largest absolute Gasteiger partial charge is 0.396 e.